The number of benzene rings is 1. The molecule has 0 aliphatic carbocycles. The second-order valence-corrected chi connectivity index (χ2v) is 3.04. The molecule has 5 heteroatoms. The summed E-state index contributed by atoms with van der Waals surface area (Å²) >= 11 is 0. The van der Waals surface area contributed by atoms with Gasteiger partial charge in [0.2, 0.25) is 6.79 Å². The maximum atomic E-state index is 11.0. The molecule has 3 rings (SSSR count). The average Bonchev–Trinajstić information content (AvgIpc) is 2.61. The van der Waals surface area contributed by atoms with E-state index in [1.807, 2.05) is 0 Å². The lowest BCUT2D eigenvalue weighted by molar-refractivity contribution is -0.118. The van der Waals surface area contributed by atoms with Gasteiger partial charge in [0, 0.05) is 12.1 Å². The van der Waals surface area contributed by atoms with E-state index in [4.69, 9.17) is 14.2 Å². The van der Waals surface area contributed by atoms with Crippen LogP contribution in [0.4, 0.5) is 5.69 Å². The van der Waals surface area contributed by atoms with E-state index >= 15 is 0 Å². The number of fused-ring (bicyclic) bond motifs is 2. The molecule has 0 radical (unpaired) electrons. The largest absolute Gasteiger partial charge is 0.481 e. The van der Waals surface area contributed by atoms with Gasteiger partial charge in [-0.15, -0.1) is 0 Å². The van der Waals surface area contributed by atoms with Gasteiger partial charge in [0.15, 0.2) is 18.1 Å². The minimum absolute atomic E-state index is 0.0483. The predicted octanol–water partition coefficient (Wildman–Crippen LogP) is 0.746. The predicted molar refractivity (Wildman–Crippen MR) is 46.7 cm³/mol. The molecule has 1 N–H and O–H groups in total. The Morgan fingerprint density at radius 2 is 1.86 bits per heavy atom. The molecule has 1 aromatic rings. The fourth-order valence-corrected chi connectivity index (χ4v) is 1.47. The molecule has 2 aliphatic rings. The van der Waals surface area contributed by atoms with E-state index in [0.29, 0.717) is 22.9 Å². The molecule has 0 fully saturated rings. The number of rotatable bonds is 0. The first kappa shape index (κ1) is 7.49. The molecule has 0 unspecified atom stereocenters. The van der Waals surface area contributed by atoms with Crippen molar-refractivity contribution in [2.75, 3.05) is 18.7 Å². The van der Waals surface area contributed by atoms with Crippen LogP contribution >= 0.6 is 0 Å². The van der Waals surface area contributed by atoms with Gasteiger partial charge >= 0.3 is 0 Å². The maximum Gasteiger partial charge on any atom is 0.262 e. The SMILES string of the molecule is O=C1COc2cc3c(cc2N1)OCO3. The summed E-state index contributed by atoms with van der Waals surface area (Å²) in [6, 6.07) is 3.42. The highest BCUT2D eigenvalue weighted by atomic mass is 16.7. The number of carbonyl (C=O) groups is 1. The normalized spacial score (nSPS) is 17.0. The first-order chi connectivity index (χ1) is 6.83. The van der Waals surface area contributed by atoms with Crippen molar-refractivity contribution in [2.45, 2.75) is 0 Å². The van der Waals surface area contributed by atoms with Crippen LogP contribution in [0.2, 0.25) is 0 Å². The summed E-state index contributed by atoms with van der Waals surface area (Å²) in [5, 5.41) is 2.69. The summed E-state index contributed by atoms with van der Waals surface area (Å²) in [6.07, 6.45) is 0. The van der Waals surface area contributed by atoms with E-state index in [0.717, 1.165) is 0 Å². The van der Waals surface area contributed by atoms with Crippen LogP contribution in [0, 0.1) is 0 Å². The Labute approximate surface area is 79.6 Å². The van der Waals surface area contributed by atoms with Gasteiger partial charge in [-0.2, -0.15) is 0 Å². The van der Waals surface area contributed by atoms with E-state index in [-0.39, 0.29) is 19.3 Å². The van der Waals surface area contributed by atoms with Crippen LogP contribution in [0.5, 0.6) is 17.2 Å². The van der Waals surface area contributed by atoms with Gasteiger partial charge in [-0.3, -0.25) is 4.79 Å². The molecule has 5 nitrogen and oxygen atoms in total. The summed E-state index contributed by atoms with van der Waals surface area (Å²) in [7, 11) is 0. The van der Waals surface area contributed by atoms with Gasteiger partial charge < -0.3 is 19.5 Å². The molecule has 2 aliphatic heterocycles. The zero-order valence-electron chi connectivity index (χ0n) is 7.20. The number of ether oxygens (including phenoxy) is 3. The zero-order valence-corrected chi connectivity index (χ0v) is 7.20. The van der Waals surface area contributed by atoms with Crippen LogP contribution in [0.1, 0.15) is 0 Å². The quantitative estimate of drug-likeness (QED) is 0.660. The standard InChI is InChI=1S/C9H7NO4/c11-9-3-12-6-2-8-7(13-4-14-8)1-5(6)10-9/h1-2H,3-4H2,(H,10,11). The number of hydrogen-bond acceptors (Lipinski definition) is 4. The van der Waals surface area contributed by atoms with Crippen LogP contribution < -0.4 is 19.5 Å². The minimum atomic E-state index is -0.156. The first-order valence-corrected chi connectivity index (χ1v) is 4.19. The van der Waals surface area contributed by atoms with E-state index in [1.165, 1.54) is 0 Å². The molecule has 0 saturated heterocycles. The number of hydrogen-bond donors (Lipinski definition) is 1. The maximum absolute atomic E-state index is 11.0. The lowest BCUT2D eigenvalue weighted by atomic mass is 10.2. The molecule has 1 amide bonds. The van der Waals surface area contributed by atoms with Crippen molar-refractivity contribution in [3.05, 3.63) is 12.1 Å². The molecule has 2 heterocycles. The van der Waals surface area contributed by atoms with Crippen molar-refractivity contribution in [1.82, 2.24) is 0 Å². The van der Waals surface area contributed by atoms with Crippen LogP contribution in [0.3, 0.4) is 0 Å². The lowest BCUT2D eigenvalue weighted by Gasteiger charge is -2.17. The Hall–Kier alpha value is -1.91. The molecule has 0 saturated carbocycles. The fraction of sp³-hybridized carbons (Fsp3) is 0.222. The van der Waals surface area contributed by atoms with E-state index in [1.54, 1.807) is 12.1 Å². The Balaban J connectivity index is 2.10. The van der Waals surface area contributed by atoms with Crippen molar-refractivity contribution >= 4 is 11.6 Å². The topological polar surface area (TPSA) is 56.8 Å². The van der Waals surface area contributed by atoms with Gasteiger partial charge in [-0.25, -0.2) is 0 Å². The van der Waals surface area contributed by atoms with Gasteiger partial charge in [0.05, 0.1) is 5.69 Å². The van der Waals surface area contributed by atoms with Gasteiger partial charge in [0.1, 0.15) is 5.75 Å². The van der Waals surface area contributed by atoms with Crippen molar-refractivity contribution in [3.8, 4) is 17.2 Å². The third-order valence-corrected chi connectivity index (χ3v) is 2.11. The summed E-state index contributed by atoms with van der Waals surface area (Å²) in [4.78, 5) is 11.0. The van der Waals surface area contributed by atoms with Crippen molar-refractivity contribution in [3.63, 3.8) is 0 Å². The number of nitrogens with one attached hydrogen (secondary N) is 1. The average molecular weight is 193 g/mol. The smallest absolute Gasteiger partial charge is 0.262 e. The number of carbonyl (C=O) groups excluding carboxylic acids is 1. The van der Waals surface area contributed by atoms with Crippen LogP contribution in [0.25, 0.3) is 0 Å². The summed E-state index contributed by atoms with van der Waals surface area (Å²) in [5.41, 5.74) is 0.630. The van der Waals surface area contributed by atoms with Crippen molar-refractivity contribution < 1.29 is 19.0 Å². The van der Waals surface area contributed by atoms with E-state index in [2.05, 4.69) is 5.32 Å². The van der Waals surface area contributed by atoms with E-state index in [9.17, 15) is 4.79 Å². The molecule has 0 atom stereocenters. The van der Waals surface area contributed by atoms with Crippen molar-refractivity contribution in [1.29, 1.82) is 0 Å². The molecule has 1 aromatic carbocycles. The van der Waals surface area contributed by atoms with E-state index < -0.39 is 0 Å². The summed E-state index contributed by atoms with van der Waals surface area (Å²) in [6.45, 7) is 0.263. The van der Waals surface area contributed by atoms with Crippen LogP contribution in [0.15, 0.2) is 12.1 Å². The highest BCUT2D eigenvalue weighted by Crippen LogP contribution is 2.41. The van der Waals surface area contributed by atoms with Gasteiger partial charge in [0.25, 0.3) is 5.91 Å². The highest BCUT2D eigenvalue weighted by molar-refractivity contribution is 5.95. The second-order valence-electron chi connectivity index (χ2n) is 3.04. The lowest BCUT2D eigenvalue weighted by Crippen LogP contribution is -2.25. The molecule has 0 bridgehead atoms. The molecule has 0 aromatic heterocycles. The molecule has 0 spiro atoms. The third kappa shape index (κ3) is 0.985. The van der Waals surface area contributed by atoms with Gasteiger partial charge in [-0.1, -0.05) is 0 Å². The zero-order chi connectivity index (χ0) is 9.54. The Morgan fingerprint density at radius 3 is 2.71 bits per heavy atom. The minimum Gasteiger partial charge on any atom is -0.481 e. The molecule has 14 heavy (non-hydrogen) atoms. The Morgan fingerprint density at radius 1 is 1.07 bits per heavy atom. The number of amides is 1. The molecular formula is C9H7NO4. The fourth-order valence-electron chi connectivity index (χ4n) is 1.47. The van der Waals surface area contributed by atoms with Crippen LogP contribution in [-0.2, 0) is 4.79 Å². The summed E-state index contributed by atoms with van der Waals surface area (Å²) < 4.78 is 15.6. The Kier molecular flexibility index (Phi) is 1.36. The highest BCUT2D eigenvalue weighted by Gasteiger charge is 2.22. The van der Waals surface area contributed by atoms with Gasteiger partial charge in [-0.05, 0) is 0 Å². The molecular weight excluding hydrogens is 186 g/mol. The monoisotopic (exact) mass is 193 g/mol. The second kappa shape index (κ2) is 2.54. The van der Waals surface area contributed by atoms with Crippen LogP contribution in [-0.4, -0.2) is 19.3 Å². The Bertz CT molecular complexity index is 416. The number of anilines is 1. The first-order valence-electron chi connectivity index (χ1n) is 4.19. The molecule has 72 valence electrons. The third-order valence-electron chi connectivity index (χ3n) is 2.11. The van der Waals surface area contributed by atoms with Crippen molar-refractivity contribution in [2.24, 2.45) is 0 Å². The summed E-state index contributed by atoms with van der Waals surface area (Å²) in [5.74, 6) is 1.75.